The summed E-state index contributed by atoms with van der Waals surface area (Å²) in [6, 6.07) is 10.0. The fourth-order valence-electron chi connectivity index (χ4n) is 2.42. The number of anilines is 1. The van der Waals surface area contributed by atoms with E-state index in [0.717, 1.165) is 10.4 Å². The Kier molecular flexibility index (Phi) is 2.94. The molecule has 0 aliphatic carbocycles. The third-order valence-corrected chi connectivity index (χ3v) is 5.09. The smallest absolute Gasteiger partial charge is 0.265 e. The fraction of sp³-hybridized carbons (Fsp3) is 0.0714. The van der Waals surface area contributed by atoms with Gasteiger partial charge in [-0.25, -0.2) is 12.8 Å². The van der Waals surface area contributed by atoms with E-state index in [4.69, 9.17) is 5.73 Å². The Morgan fingerprint density at radius 3 is 2.57 bits per heavy atom. The van der Waals surface area contributed by atoms with E-state index in [1.807, 2.05) is 0 Å². The van der Waals surface area contributed by atoms with E-state index in [1.165, 1.54) is 18.2 Å². The summed E-state index contributed by atoms with van der Waals surface area (Å²) in [6.45, 7) is -0.491. The van der Waals surface area contributed by atoms with Gasteiger partial charge in [0.2, 0.25) is 5.91 Å². The summed E-state index contributed by atoms with van der Waals surface area (Å²) in [7, 11) is -3.89. The minimum Gasteiger partial charge on any atom is -0.368 e. The minimum absolute atomic E-state index is 0.0318. The number of carbonyl (C=O) groups is 1. The third kappa shape index (κ3) is 2.06. The lowest BCUT2D eigenvalue weighted by Crippen LogP contribution is -2.40. The highest BCUT2D eigenvalue weighted by Gasteiger charge is 2.35. The number of halogens is 1. The standard InChI is InChI=1S/C14H11FN2O3S/c15-9-5-6-12-11(7-9)10-3-1-2-4-13(10)21(19,20)17(12)8-14(16)18/h1-7H,8H2,(H2,16,18). The lowest BCUT2D eigenvalue weighted by molar-refractivity contribution is -0.116. The van der Waals surface area contributed by atoms with Gasteiger partial charge in [0.05, 0.1) is 10.6 Å². The minimum atomic E-state index is -3.89. The van der Waals surface area contributed by atoms with Gasteiger partial charge in [-0.15, -0.1) is 0 Å². The molecule has 0 bridgehead atoms. The predicted molar refractivity (Wildman–Crippen MR) is 75.6 cm³/mol. The van der Waals surface area contributed by atoms with Crippen LogP contribution in [0.15, 0.2) is 47.4 Å². The van der Waals surface area contributed by atoms with Crippen molar-refractivity contribution < 1.29 is 17.6 Å². The van der Waals surface area contributed by atoms with Crippen molar-refractivity contribution in [2.24, 2.45) is 5.73 Å². The topological polar surface area (TPSA) is 80.5 Å². The molecule has 21 heavy (non-hydrogen) atoms. The van der Waals surface area contributed by atoms with Gasteiger partial charge in [-0.2, -0.15) is 0 Å². The zero-order valence-corrected chi connectivity index (χ0v) is 11.6. The maximum Gasteiger partial charge on any atom is 0.265 e. The molecule has 7 heteroatoms. The van der Waals surface area contributed by atoms with E-state index in [1.54, 1.807) is 18.2 Å². The molecular formula is C14H11FN2O3S. The first-order valence-electron chi connectivity index (χ1n) is 6.11. The van der Waals surface area contributed by atoms with Gasteiger partial charge in [0.15, 0.2) is 0 Å². The summed E-state index contributed by atoms with van der Waals surface area (Å²) in [6.07, 6.45) is 0. The molecule has 1 heterocycles. The number of primary amides is 1. The Labute approximate surface area is 120 Å². The maximum absolute atomic E-state index is 13.5. The van der Waals surface area contributed by atoms with Gasteiger partial charge in [0.1, 0.15) is 12.4 Å². The van der Waals surface area contributed by atoms with Crippen LogP contribution in [0.3, 0.4) is 0 Å². The molecule has 1 amide bonds. The van der Waals surface area contributed by atoms with Crippen LogP contribution in [0.5, 0.6) is 0 Å². The Morgan fingerprint density at radius 2 is 1.86 bits per heavy atom. The van der Waals surface area contributed by atoms with Crippen LogP contribution in [0.2, 0.25) is 0 Å². The second-order valence-corrected chi connectivity index (χ2v) is 6.47. The molecular weight excluding hydrogens is 295 g/mol. The number of nitrogens with two attached hydrogens (primary N) is 1. The maximum atomic E-state index is 13.5. The number of sulfonamides is 1. The highest BCUT2D eigenvalue weighted by Crippen LogP contribution is 2.42. The van der Waals surface area contributed by atoms with E-state index in [-0.39, 0.29) is 10.6 Å². The second-order valence-electron chi connectivity index (χ2n) is 4.64. The average molecular weight is 306 g/mol. The van der Waals surface area contributed by atoms with E-state index in [2.05, 4.69) is 0 Å². The summed E-state index contributed by atoms with van der Waals surface area (Å²) < 4.78 is 39.6. The van der Waals surface area contributed by atoms with Crippen LogP contribution in [-0.2, 0) is 14.8 Å². The molecule has 1 aliphatic heterocycles. The molecule has 3 rings (SSSR count). The summed E-state index contributed by atoms with van der Waals surface area (Å²) >= 11 is 0. The predicted octanol–water partition coefficient (Wildman–Crippen LogP) is 1.49. The lowest BCUT2D eigenvalue weighted by Gasteiger charge is -2.31. The largest absolute Gasteiger partial charge is 0.368 e. The first-order chi connectivity index (χ1) is 9.91. The fourth-order valence-corrected chi connectivity index (χ4v) is 4.07. The van der Waals surface area contributed by atoms with Crippen LogP contribution in [0, 0.1) is 5.82 Å². The number of fused-ring (bicyclic) bond motifs is 3. The molecule has 0 fully saturated rings. The number of rotatable bonds is 2. The molecule has 5 nitrogen and oxygen atoms in total. The van der Waals surface area contributed by atoms with Crippen LogP contribution in [0.4, 0.5) is 10.1 Å². The van der Waals surface area contributed by atoms with Gasteiger partial charge in [-0.3, -0.25) is 9.10 Å². The van der Waals surface area contributed by atoms with E-state index >= 15 is 0 Å². The lowest BCUT2D eigenvalue weighted by atomic mass is 10.0. The summed E-state index contributed by atoms with van der Waals surface area (Å²) in [5.74, 6) is -1.27. The summed E-state index contributed by atoms with van der Waals surface area (Å²) in [5, 5.41) is 0. The highest BCUT2D eigenvalue weighted by atomic mass is 32.2. The SMILES string of the molecule is NC(=O)CN1c2ccc(F)cc2-c2ccccc2S1(=O)=O. The molecule has 0 spiro atoms. The van der Waals surface area contributed by atoms with Crippen LogP contribution in [0.1, 0.15) is 0 Å². The van der Waals surface area contributed by atoms with Crippen LogP contribution < -0.4 is 10.0 Å². The third-order valence-electron chi connectivity index (χ3n) is 3.27. The van der Waals surface area contributed by atoms with Crippen molar-refractivity contribution in [3.63, 3.8) is 0 Å². The number of benzene rings is 2. The quantitative estimate of drug-likeness (QED) is 0.912. The van der Waals surface area contributed by atoms with Crippen LogP contribution >= 0.6 is 0 Å². The Hall–Kier alpha value is -2.41. The van der Waals surface area contributed by atoms with Crippen molar-refractivity contribution >= 4 is 21.6 Å². The number of nitrogens with zero attached hydrogens (tertiary/aromatic N) is 1. The van der Waals surface area contributed by atoms with Gasteiger partial charge in [0, 0.05) is 11.1 Å². The molecule has 2 aromatic rings. The normalized spacial score (nSPS) is 15.2. The second kappa shape index (κ2) is 4.56. The van der Waals surface area contributed by atoms with E-state index in [0.29, 0.717) is 11.1 Å². The van der Waals surface area contributed by atoms with Crippen molar-refractivity contribution in [1.82, 2.24) is 0 Å². The zero-order valence-electron chi connectivity index (χ0n) is 10.8. The van der Waals surface area contributed by atoms with Crippen LogP contribution in [0.25, 0.3) is 11.1 Å². The Balaban J connectivity index is 2.35. The molecule has 0 saturated heterocycles. The molecule has 1 aliphatic rings. The molecule has 0 atom stereocenters. The van der Waals surface area contributed by atoms with Crippen LogP contribution in [-0.4, -0.2) is 20.9 Å². The molecule has 0 unspecified atom stereocenters. The van der Waals surface area contributed by atoms with Crippen molar-refractivity contribution in [3.8, 4) is 11.1 Å². The Morgan fingerprint density at radius 1 is 1.14 bits per heavy atom. The first-order valence-corrected chi connectivity index (χ1v) is 7.55. The summed E-state index contributed by atoms with van der Waals surface area (Å²) in [5.41, 5.74) is 6.20. The molecule has 0 aromatic heterocycles. The van der Waals surface area contributed by atoms with Gasteiger partial charge in [-0.05, 0) is 24.3 Å². The average Bonchev–Trinajstić information content (AvgIpc) is 2.44. The van der Waals surface area contributed by atoms with Gasteiger partial charge < -0.3 is 5.73 Å². The van der Waals surface area contributed by atoms with Gasteiger partial charge in [-0.1, -0.05) is 18.2 Å². The number of amides is 1. The molecule has 0 radical (unpaired) electrons. The number of carbonyl (C=O) groups excluding carboxylic acids is 1. The van der Waals surface area contributed by atoms with Crippen molar-refractivity contribution in [1.29, 1.82) is 0 Å². The molecule has 2 aromatic carbocycles. The molecule has 108 valence electrons. The zero-order chi connectivity index (χ0) is 15.2. The van der Waals surface area contributed by atoms with Gasteiger partial charge >= 0.3 is 0 Å². The van der Waals surface area contributed by atoms with Crippen molar-refractivity contribution in [2.45, 2.75) is 4.90 Å². The number of hydrogen-bond acceptors (Lipinski definition) is 3. The molecule has 2 N–H and O–H groups in total. The van der Waals surface area contributed by atoms with Crippen molar-refractivity contribution in [2.75, 3.05) is 10.8 Å². The molecule has 0 saturated carbocycles. The summed E-state index contributed by atoms with van der Waals surface area (Å²) in [4.78, 5) is 11.2. The monoisotopic (exact) mass is 306 g/mol. The highest BCUT2D eigenvalue weighted by molar-refractivity contribution is 7.93. The van der Waals surface area contributed by atoms with E-state index in [9.17, 15) is 17.6 Å². The van der Waals surface area contributed by atoms with Crippen molar-refractivity contribution in [3.05, 3.63) is 48.3 Å². The first kappa shape index (κ1) is 13.6. The van der Waals surface area contributed by atoms with Gasteiger partial charge in [0.25, 0.3) is 10.0 Å². The van der Waals surface area contributed by atoms with E-state index < -0.39 is 28.3 Å². The Bertz CT molecular complexity index is 849. The number of hydrogen-bond donors (Lipinski definition) is 1.